The molecule has 5 nitrogen and oxygen atoms in total. The molecule has 1 heterocycles. The topological polar surface area (TPSA) is 55.8 Å². The summed E-state index contributed by atoms with van der Waals surface area (Å²) in [6.45, 7) is 0.573. The van der Waals surface area contributed by atoms with Crippen LogP contribution < -0.4 is 4.90 Å². The highest BCUT2D eigenvalue weighted by atomic mass is 32.2. The van der Waals surface area contributed by atoms with Crippen LogP contribution in [0.4, 0.5) is 18.9 Å². The number of nitrogens with zero attached hydrogens (tertiary/aromatic N) is 1. The van der Waals surface area contributed by atoms with E-state index in [2.05, 4.69) is 4.74 Å². The predicted molar refractivity (Wildman–Crippen MR) is 111 cm³/mol. The summed E-state index contributed by atoms with van der Waals surface area (Å²) in [5.74, 6) is -0.669. The Kier molecular flexibility index (Phi) is 7.40. The molecule has 164 valence electrons. The molecule has 0 unspecified atom stereocenters. The normalized spacial score (nSPS) is 13.7. The number of hydrogen-bond acceptors (Lipinski definition) is 5. The van der Waals surface area contributed by atoms with E-state index >= 15 is 0 Å². The second-order valence-electron chi connectivity index (χ2n) is 6.63. The third-order valence-corrected chi connectivity index (χ3v) is 5.56. The standard InChI is InChI=1S/C22H20F3NO4S/c1-29-20(27)14-30-11-2-3-12-31-19-6-4-5-17-18(19)13-26(21(17)28)16-9-7-15(8-10-16)22(23,24)25/h3-10,12H,2,11,13-14H2,1H3/b12-3+. The number of hydrogen-bond donors (Lipinski definition) is 0. The number of fused-ring (bicyclic) bond motifs is 1. The van der Waals surface area contributed by atoms with Crippen LogP contribution in [0.25, 0.3) is 0 Å². The number of benzene rings is 2. The van der Waals surface area contributed by atoms with Crippen molar-refractivity contribution in [1.82, 2.24) is 0 Å². The van der Waals surface area contributed by atoms with Crippen LogP contribution >= 0.6 is 11.8 Å². The lowest BCUT2D eigenvalue weighted by Gasteiger charge is -2.17. The zero-order valence-electron chi connectivity index (χ0n) is 16.6. The minimum absolute atomic E-state index is 0.0917. The van der Waals surface area contributed by atoms with Crippen LogP contribution in [0, 0.1) is 0 Å². The smallest absolute Gasteiger partial charge is 0.416 e. The monoisotopic (exact) mass is 451 g/mol. The zero-order chi connectivity index (χ0) is 22.4. The molecular weight excluding hydrogens is 431 g/mol. The maximum Gasteiger partial charge on any atom is 0.416 e. The molecule has 9 heteroatoms. The van der Waals surface area contributed by atoms with Crippen LogP contribution in [-0.4, -0.2) is 32.2 Å². The number of carbonyl (C=O) groups excluding carboxylic acids is 2. The summed E-state index contributed by atoms with van der Waals surface area (Å²) in [5.41, 5.74) is 1.05. The van der Waals surface area contributed by atoms with Crippen molar-refractivity contribution >= 4 is 29.3 Å². The van der Waals surface area contributed by atoms with Gasteiger partial charge < -0.3 is 14.4 Å². The average molecular weight is 451 g/mol. The fourth-order valence-electron chi connectivity index (χ4n) is 3.01. The Morgan fingerprint density at radius 1 is 1.19 bits per heavy atom. The minimum Gasteiger partial charge on any atom is -0.467 e. The number of amides is 1. The zero-order valence-corrected chi connectivity index (χ0v) is 17.5. The van der Waals surface area contributed by atoms with Gasteiger partial charge in [-0.2, -0.15) is 13.2 Å². The average Bonchev–Trinajstić information content (AvgIpc) is 3.09. The number of rotatable bonds is 8. The van der Waals surface area contributed by atoms with Gasteiger partial charge in [0.25, 0.3) is 5.91 Å². The fraction of sp³-hybridized carbons (Fsp3) is 0.273. The Morgan fingerprint density at radius 2 is 1.94 bits per heavy atom. The van der Waals surface area contributed by atoms with Gasteiger partial charge in [-0.15, -0.1) is 0 Å². The molecule has 0 saturated carbocycles. The van der Waals surface area contributed by atoms with Gasteiger partial charge in [0.2, 0.25) is 0 Å². The van der Waals surface area contributed by atoms with E-state index in [-0.39, 0.29) is 12.5 Å². The van der Waals surface area contributed by atoms with Crippen molar-refractivity contribution < 1.29 is 32.2 Å². The lowest BCUT2D eigenvalue weighted by molar-refractivity contribution is -0.145. The SMILES string of the molecule is COC(=O)COCC/C=C/Sc1cccc2c1CN(c1ccc(C(F)(F)F)cc1)C2=O. The van der Waals surface area contributed by atoms with Gasteiger partial charge in [0.15, 0.2) is 0 Å². The van der Waals surface area contributed by atoms with Gasteiger partial charge >= 0.3 is 12.1 Å². The molecule has 0 bridgehead atoms. The molecule has 0 radical (unpaired) electrons. The third-order valence-electron chi connectivity index (χ3n) is 4.60. The van der Waals surface area contributed by atoms with Gasteiger partial charge in [0.1, 0.15) is 6.61 Å². The number of ether oxygens (including phenoxy) is 2. The number of anilines is 1. The molecule has 0 aliphatic carbocycles. The van der Waals surface area contributed by atoms with Gasteiger partial charge in [0.05, 0.1) is 25.8 Å². The molecule has 2 aromatic rings. The van der Waals surface area contributed by atoms with Crippen LogP contribution in [0.3, 0.4) is 0 Å². The van der Waals surface area contributed by atoms with Crippen molar-refractivity contribution in [2.24, 2.45) is 0 Å². The lowest BCUT2D eigenvalue weighted by Crippen LogP contribution is -2.23. The first kappa shape index (κ1) is 22.9. The first-order valence-electron chi connectivity index (χ1n) is 9.38. The van der Waals surface area contributed by atoms with Crippen LogP contribution in [0.5, 0.6) is 0 Å². The molecule has 2 aromatic carbocycles. The molecule has 0 atom stereocenters. The number of halogens is 3. The van der Waals surface area contributed by atoms with Crippen molar-refractivity contribution in [3.8, 4) is 0 Å². The summed E-state index contributed by atoms with van der Waals surface area (Å²) in [7, 11) is 1.30. The molecule has 0 fully saturated rings. The first-order valence-corrected chi connectivity index (χ1v) is 10.3. The second-order valence-corrected chi connectivity index (χ2v) is 7.57. The van der Waals surface area contributed by atoms with Gasteiger partial charge in [-0.05, 0) is 53.8 Å². The molecule has 0 aromatic heterocycles. The summed E-state index contributed by atoms with van der Waals surface area (Å²) in [4.78, 5) is 26.1. The first-order chi connectivity index (χ1) is 14.8. The molecule has 1 aliphatic rings. The van der Waals surface area contributed by atoms with Crippen molar-refractivity contribution in [3.63, 3.8) is 0 Å². The molecule has 0 saturated heterocycles. The molecule has 0 N–H and O–H groups in total. The third kappa shape index (κ3) is 5.68. The van der Waals surface area contributed by atoms with E-state index < -0.39 is 17.7 Å². The number of carbonyl (C=O) groups is 2. The Labute approximate surface area is 181 Å². The van der Waals surface area contributed by atoms with Gasteiger partial charge in [-0.1, -0.05) is 23.9 Å². The predicted octanol–water partition coefficient (Wildman–Crippen LogP) is 5.05. The van der Waals surface area contributed by atoms with E-state index in [9.17, 15) is 22.8 Å². The second kappa shape index (κ2) is 10.0. The van der Waals surface area contributed by atoms with E-state index in [0.29, 0.717) is 30.8 Å². The molecular formula is C22H20F3NO4S. The number of thioether (sulfide) groups is 1. The summed E-state index contributed by atoms with van der Waals surface area (Å²) < 4.78 is 48.0. The van der Waals surface area contributed by atoms with Crippen LogP contribution in [-0.2, 0) is 27.0 Å². The van der Waals surface area contributed by atoms with Crippen LogP contribution in [0.2, 0.25) is 0 Å². The number of esters is 1. The Balaban J connectivity index is 1.62. The maximum atomic E-state index is 12.8. The Hall–Kier alpha value is -2.78. The van der Waals surface area contributed by atoms with Crippen molar-refractivity contribution in [3.05, 3.63) is 70.6 Å². The number of alkyl halides is 3. The van der Waals surface area contributed by atoms with E-state index in [1.54, 1.807) is 12.1 Å². The largest absolute Gasteiger partial charge is 0.467 e. The molecule has 1 amide bonds. The van der Waals surface area contributed by atoms with Crippen molar-refractivity contribution in [2.75, 3.05) is 25.2 Å². The molecule has 0 spiro atoms. The van der Waals surface area contributed by atoms with E-state index in [0.717, 1.165) is 22.6 Å². The highest BCUT2D eigenvalue weighted by Gasteiger charge is 2.33. The van der Waals surface area contributed by atoms with Crippen molar-refractivity contribution in [1.29, 1.82) is 0 Å². The van der Waals surface area contributed by atoms with E-state index in [1.807, 2.05) is 17.6 Å². The van der Waals surface area contributed by atoms with Crippen LogP contribution in [0.1, 0.15) is 27.9 Å². The molecule has 31 heavy (non-hydrogen) atoms. The van der Waals surface area contributed by atoms with E-state index in [1.165, 1.54) is 35.9 Å². The van der Waals surface area contributed by atoms with E-state index in [4.69, 9.17) is 4.74 Å². The molecule has 1 aliphatic heterocycles. The van der Waals surface area contributed by atoms with Gasteiger partial charge in [-0.25, -0.2) is 4.79 Å². The Bertz CT molecular complexity index is 974. The number of methoxy groups -OCH3 is 1. The van der Waals surface area contributed by atoms with Crippen molar-refractivity contribution in [2.45, 2.75) is 24.0 Å². The quantitative estimate of drug-likeness (QED) is 0.319. The summed E-state index contributed by atoms with van der Waals surface area (Å²) in [5, 5.41) is 1.88. The Morgan fingerprint density at radius 3 is 2.61 bits per heavy atom. The minimum atomic E-state index is -4.42. The molecule has 3 rings (SSSR count). The maximum absolute atomic E-state index is 12.8. The highest BCUT2D eigenvalue weighted by molar-refractivity contribution is 8.02. The van der Waals surface area contributed by atoms with Gasteiger partial charge in [0, 0.05) is 16.1 Å². The lowest BCUT2D eigenvalue weighted by atomic mass is 10.1. The summed E-state index contributed by atoms with van der Waals surface area (Å²) >= 11 is 1.44. The fourth-order valence-corrected chi connectivity index (χ4v) is 3.86. The van der Waals surface area contributed by atoms with Crippen LogP contribution in [0.15, 0.2) is 58.8 Å². The summed E-state index contributed by atoms with van der Waals surface area (Å²) in [6.07, 6.45) is -1.92. The highest BCUT2D eigenvalue weighted by Crippen LogP contribution is 2.36. The summed E-state index contributed by atoms with van der Waals surface area (Å²) in [6, 6.07) is 9.98. The van der Waals surface area contributed by atoms with Gasteiger partial charge in [-0.3, -0.25) is 4.79 Å².